The number of hydrogen-bond donors (Lipinski definition) is 1. The SMILES string of the molecule is CC(=O)c1ccc(N(C)C(C)(C)CO)c(F)c1. The number of likely N-dealkylation sites (N-methyl/N-ethyl adjacent to an activating group) is 1. The first-order chi connectivity index (χ1) is 7.79. The predicted molar refractivity (Wildman–Crippen MR) is 66.0 cm³/mol. The monoisotopic (exact) mass is 239 g/mol. The van der Waals surface area contributed by atoms with E-state index < -0.39 is 11.4 Å². The van der Waals surface area contributed by atoms with E-state index in [9.17, 15) is 14.3 Å². The number of rotatable bonds is 4. The molecule has 0 saturated carbocycles. The number of Topliss-reactive ketones (excluding diaryl/α,β-unsaturated/α-hetero) is 1. The molecule has 94 valence electrons. The van der Waals surface area contributed by atoms with Crippen LogP contribution in [0.25, 0.3) is 0 Å². The normalized spacial score (nSPS) is 11.4. The van der Waals surface area contributed by atoms with Gasteiger partial charge in [-0.3, -0.25) is 4.79 Å². The molecule has 17 heavy (non-hydrogen) atoms. The van der Waals surface area contributed by atoms with E-state index in [0.29, 0.717) is 11.3 Å². The maximum absolute atomic E-state index is 13.9. The lowest BCUT2D eigenvalue weighted by Crippen LogP contribution is -2.44. The molecule has 0 radical (unpaired) electrons. The average Bonchev–Trinajstić information content (AvgIpc) is 2.27. The van der Waals surface area contributed by atoms with Crippen molar-refractivity contribution in [2.75, 3.05) is 18.6 Å². The van der Waals surface area contributed by atoms with E-state index in [1.165, 1.54) is 13.0 Å². The summed E-state index contributed by atoms with van der Waals surface area (Å²) in [6, 6.07) is 4.37. The van der Waals surface area contributed by atoms with Gasteiger partial charge in [0, 0.05) is 12.6 Å². The van der Waals surface area contributed by atoms with Crippen LogP contribution in [-0.2, 0) is 0 Å². The Bertz CT molecular complexity index is 429. The molecule has 1 rings (SSSR count). The Kier molecular flexibility index (Phi) is 3.88. The molecule has 0 aliphatic rings. The van der Waals surface area contributed by atoms with Crippen LogP contribution >= 0.6 is 0 Å². The zero-order chi connectivity index (χ0) is 13.2. The van der Waals surface area contributed by atoms with Crippen molar-refractivity contribution in [2.45, 2.75) is 26.3 Å². The van der Waals surface area contributed by atoms with Crippen LogP contribution in [0, 0.1) is 5.82 Å². The van der Waals surface area contributed by atoms with Gasteiger partial charge in [-0.2, -0.15) is 0 Å². The number of ketones is 1. The summed E-state index contributed by atoms with van der Waals surface area (Å²) < 4.78 is 13.9. The first-order valence-electron chi connectivity index (χ1n) is 5.45. The van der Waals surface area contributed by atoms with Gasteiger partial charge in [0.05, 0.1) is 17.8 Å². The van der Waals surface area contributed by atoms with Crippen LogP contribution in [0.15, 0.2) is 18.2 Å². The molecule has 0 spiro atoms. The number of nitrogens with zero attached hydrogens (tertiary/aromatic N) is 1. The first kappa shape index (κ1) is 13.6. The quantitative estimate of drug-likeness (QED) is 0.819. The second kappa shape index (κ2) is 4.84. The second-order valence-corrected chi connectivity index (χ2v) is 4.75. The Hall–Kier alpha value is -1.42. The number of aliphatic hydroxyl groups excluding tert-OH is 1. The van der Waals surface area contributed by atoms with Crippen molar-refractivity contribution in [3.63, 3.8) is 0 Å². The Balaban J connectivity index is 3.12. The molecule has 1 aromatic carbocycles. The highest BCUT2D eigenvalue weighted by atomic mass is 19.1. The molecular formula is C13H18FNO2. The van der Waals surface area contributed by atoms with Gasteiger partial charge in [0.25, 0.3) is 0 Å². The fourth-order valence-corrected chi connectivity index (χ4v) is 1.43. The van der Waals surface area contributed by atoms with E-state index in [1.807, 2.05) is 13.8 Å². The number of aliphatic hydroxyl groups is 1. The zero-order valence-corrected chi connectivity index (χ0v) is 10.6. The van der Waals surface area contributed by atoms with E-state index in [4.69, 9.17) is 0 Å². The minimum absolute atomic E-state index is 0.0859. The van der Waals surface area contributed by atoms with Crippen molar-refractivity contribution in [2.24, 2.45) is 0 Å². The molecule has 4 heteroatoms. The molecule has 1 N–H and O–H groups in total. The van der Waals surface area contributed by atoms with Gasteiger partial charge in [-0.05, 0) is 39.0 Å². The lowest BCUT2D eigenvalue weighted by atomic mass is 10.0. The van der Waals surface area contributed by atoms with Crippen molar-refractivity contribution in [3.8, 4) is 0 Å². The van der Waals surface area contributed by atoms with Gasteiger partial charge < -0.3 is 10.0 Å². The van der Waals surface area contributed by atoms with Gasteiger partial charge in [0.2, 0.25) is 0 Å². The van der Waals surface area contributed by atoms with Gasteiger partial charge in [0.15, 0.2) is 5.78 Å². The number of anilines is 1. The van der Waals surface area contributed by atoms with Gasteiger partial charge in [0.1, 0.15) is 5.82 Å². The molecule has 0 atom stereocenters. The number of benzene rings is 1. The summed E-state index contributed by atoms with van der Waals surface area (Å²) in [5.74, 6) is -0.624. The summed E-state index contributed by atoms with van der Waals surface area (Å²) in [7, 11) is 1.71. The number of carbonyl (C=O) groups excluding carboxylic acids is 1. The Morgan fingerprint density at radius 1 is 1.47 bits per heavy atom. The topological polar surface area (TPSA) is 40.5 Å². The standard InChI is InChI=1S/C13H18FNO2/c1-9(17)10-5-6-12(11(14)7-10)15(4)13(2,3)8-16/h5-7,16H,8H2,1-4H3. The molecule has 0 aliphatic carbocycles. The van der Waals surface area contributed by atoms with Gasteiger partial charge in [-0.15, -0.1) is 0 Å². The van der Waals surface area contributed by atoms with Crippen molar-refractivity contribution >= 4 is 11.5 Å². The zero-order valence-electron chi connectivity index (χ0n) is 10.6. The third-order valence-electron chi connectivity index (χ3n) is 3.01. The van der Waals surface area contributed by atoms with Crippen molar-refractivity contribution in [1.82, 2.24) is 0 Å². The molecule has 0 bridgehead atoms. The summed E-state index contributed by atoms with van der Waals surface area (Å²) >= 11 is 0. The molecule has 0 heterocycles. The highest BCUT2D eigenvalue weighted by Crippen LogP contribution is 2.25. The molecule has 0 aliphatic heterocycles. The fraction of sp³-hybridized carbons (Fsp3) is 0.462. The largest absolute Gasteiger partial charge is 0.394 e. The highest BCUT2D eigenvalue weighted by molar-refractivity contribution is 5.94. The summed E-state index contributed by atoms with van der Waals surface area (Å²) in [6.07, 6.45) is 0. The molecule has 3 nitrogen and oxygen atoms in total. The van der Waals surface area contributed by atoms with Gasteiger partial charge >= 0.3 is 0 Å². The van der Waals surface area contributed by atoms with E-state index in [1.54, 1.807) is 24.1 Å². The molecule has 0 amide bonds. The van der Waals surface area contributed by atoms with Crippen molar-refractivity contribution in [3.05, 3.63) is 29.6 Å². The van der Waals surface area contributed by atoms with Crippen molar-refractivity contribution < 1.29 is 14.3 Å². The Labute approximate surface area is 101 Å². The maximum Gasteiger partial charge on any atom is 0.159 e. The summed E-state index contributed by atoms with van der Waals surface area (Å²) in [5, 5.41) is 9.24. The van der Waals surface area contributed by atoms with Crippen LogP contribution in [-0.4, -0.2) is 30.1 Å². The van der Waals surface area contributed by atoms with Gasteiger partial charge in [-0.25, -0.2) is 4.39 Å². The summed E-state index contributed by atoms with van der Waals surface area (Å²) in [6.45, 7) is 4.93. The average molecular weight is 239 g/mol. The van der Waals surface area contributed by atoms with E-state index >= 15 is 0 Å². The van der Waals surface area contributed by atoms with E-state index in [-0.39, 0.29) is 12.4 Å². The maximum atomic E-state index is 13.9. The van der Waals surface area contributed by atoms with E-state index in [2.05, 4.69) is 0 Å². The number of carbonyl (C=O) groups is 1. The highest BCUT2D eigenvalue weighted by Gasteiger charge is 2.25. The lowest BCUT2D eigenvalue weighted by Gasteiger charge is -2.36. The van der Waals surface area contributed by atoms with Crippen LogP contribution in [0.4, 0.5) is 10.1 Å². The third-order valence-corrected chi connectivity index (χ3v) is 3.01. The molecule has 1 aromatic rings. The first-order valence-corrected chi connectivity index (χ1v) is 5.45. The van der Waals surface area contributed by atoms with E-state index in [0.717, 1.165) is 0 Å². The van der Waals surface area contributed by atoms with Crippen LogP contribution in [0.1, 0.15) is 31.1 Å². The van der Waals surface area contributed by atoms with Crippen LogP contribution in [0.3, 0.4) is 0 Å². The minimum Gasteiger partial charge on any atom is -0.394 e. The fourth-order valence-electron chi connectivity index (χ4n) is 1.43. The molecular weight excluding hydrogens is 221 g/mol. The second-order valence-electron chi connectivity index (χ2n) is 4.75. The minimum atomic E-state index is -0.557. The van der Waals surface area contributed by atoms with Crippen LogP contribution in [0.2, 0.25) is 0 Å². The predicted octanol–water partition coefficient (Wildman–Crippen LogP) is 2.24. The lowest BCUT2D eigenvalue weighted by molar-refractivity contribution is 0.101. The molecule has 0 aromatic heterocycles. The van der Waals surface area contributed by atoms with Crippen LogP contribution < -0.4 is 4.90 Å². The molecule has 0 fully saturated rings. The Morgan fingerprint density at radius 2 is 2.06 bits per heavy atom. The molecule has 0 saturated heterocycles. The third kappa shape index (κ3) is 2.82. The number of hydrogen-bond acceptors (Lipinski definition) is 3. The van der Waals surface area contributed by atoms with Crippen LogP contribution in [0.5, 0.6) is 0 Å². The molecule has 0 unspecified atom stereocenters. The Morgan fingerprint density at radius 3 is 2.47 bits per heavy atom. The summed E-state index contributed by atoms with van der Waals surface area (Å²) in [4.78, 5) is 12.8. The smallest absolute Gasteiger partial charge is 0.159 e. The summed E-state index contributed by atoms with van der Waals surface area (Å²) in [5.41, 5.74) is 0.161. The van der Waals surface area contributed by atoms with Gasteiger partial charge in [-0.1, -0.05) is 0 Å². The number of halogens is 1. The van der Waals surface area contributed by atoms with Crippen molar-refractivity contribution in [1.29, 1.82) is 0 Å².